The first-order chi connectivity index (χ1) is 8.70. The minimum absolute atomic E-state index is 0.487. The highest BCUT2D eigenvalue weighted by molar-refractivity contribution is 6.30. The van der Waals surface area contributed by atoms with Gasteiger partial charge in [-0.1, -0.05) is 23.7 Å². The fourth-order valence-electron chi connectivity index (χ4n) is 1.83. The number of nitrogens with zero attached hydrogens (tertiary/aromatic N) is 1. The van der Waals surface area contributed by atoms with Gasteiger partial charge in [-0.25, -0.2) is 0 Å². The molecule has 0 spiro atoms. The summed E-state index contributed by atoms with van der Waals surface area (Å²) in [4.78, 5) is 3.96. The van der Waals surface area contributed by atoms with Crippen molar-refractivity contribution in [1.82, 2.24) is 4.98 Å². The van der Waals surface area contributed by atoms with E-state index in [9.17, 15) is 5.11 Å². The maximum Gasteiger partial charge on any atom is 0.142 e. The Hall–Kier alpha value is -1.58. The molecular weight excluding hydrogens is 250 g/mol. The molecule has 3 nitrogen and oxygen atoms in total. The zero-order chi connectivity index (χ0) is 13.0. The maximum atomic E-state index is 10.2. The van der Waals surface area contributed by atoms with E-state index in [0.717, 1.165) is 11.1 Å². The molecule has 18 heavy (non-hydrogen) atoms. The summed E-state index contributed by atoms with van der Waals surface area (Å²) in [7, 11) is 1.56. The Kier molecular flexibility index (Phi) is 4.18. The summed E-state index contributed by atoms with van der Waals surface area (Å²) in [6.45, 7) is 0. The first-order valence-corrected chi connectivity index (χ1v) is 5.99. The number of pyridine rings is 1. The molecule has 2 aromatic rings. The molecule has 0 radical (unpaired) electrons. The first kappa shape index (κ1) is 12.9. The third-order valence-corrected chi connectivity index (χ3v) is 2.95. The van der Waals surface area contributed by atoms with Gasteiger partial charge < -0.3 is 9.84 Å². The van der Waals surface area contributed by atoms with Crippen molar-refractivity contribution in [3.05, 3.63) is 58.9 Å². The van der Waals surface area contributed by atoms with Gasteiger partial charge in [0.2, 0.25) is 0 Å². The van der Waals surface area contributed by atoms with E-state index in [2.05, 4.69) is 4.98 Å². The number of methoxy groups -OCH3 is 1. The Morgan fingerprint density at radius 2 is 2.22 bits per heavy atom. The Morgan fingerprint density at radius 3 is 2.94 bits per heavy atom. The number of benzene rings is 1. The van der Waals surface area contributed by atoms with Gasteiger partial charge in [0.05, 0.1) is 19.4 Å². The van der Waals surface area contributed by atoms with Gasteiger partial charge in [-0.2, -0.15) is 0 Å². The van der Waals surface area contributed by atoms with E-state index in [1.54, 1.807) is 25.6 Å². The van der Waals surface area contributed by atoms with Crippen LogP contribution >= 0.6 is 11.6 Å². The van der Waals surface area contributed by atoms with E-state index in [1.807, 2.05) is 24.3 Å². The second-order valence-corrected chi connectivity index (χ2v) is 4.40. The number of hydrogen-bond acceptors (Lipinski definition) is 3. The molecule has 0 saturated carbocycles. The van der Waals surface area contributed by atoms with E-state index in [0.29, 0.717) is 17.2 Å². The van der Waals surface area contributed by atoms with Crippen molar-refractivity contribution in [2.24, 2.45) is 0 Å². The summed E-state index contributed by atoms with van der Waals surface area (Å²) < 4.78 is 5.18. The molecular formula is C14H14ClNO2. The van der Waals surface area contributed by atoms with Crippen LogP contribution in [0.4, 0.5) is 0 Å². The Morgan fingerprint density at radius 1 is 1.39 bits per heavy atom. The van der Waals surface area contributed by atoms with Crippen molar-refractivity contribution >= 4 is 11.6 Å². The number of halogens is 1. The predicted octanol–water partition coefficient (Wildman–Crippen LogP) is 3.02. The van der Waals surface area contributed by atoms with Gasteiger partial charge in [0.25, 0.3) is 0 Å². The molecule has 2 rings (SSSR count). The fraction of sp³-hybridized carbons (Fsp3) is 0.214. The van der Waals surface area contributed by atoms with Crippen LogP contribution in [0.25, 0.3) is 0 Å². The predicted molar refractivity (Wildman–Crippen MR) is 70.9 cm³/mol. The van der Waals surface area contributed by atoms with Crippen LogP contribution in [0.15, 0.2) is 42.7 Å². The summed E-state index contributed by atoms with van der Waals surface area (Å²) in [5.41, 5.74) is 1.71. The molecule has 0 amide bonds. The Balaban J connectivity index is 2.19. The van der Waals surface area contributed by atoms with Crippen LogP contribution in [-0.4, -0.2) is 17.2 Å². The Bertz CT molecular complexity index is 531. The molecule has 1 N–H and O–H groups in total. The van der Waals surface area contributed by atoms with Crippen molar-refractivity contribution in [1.29, 1.82) is 0 Å². The summed E-state index contributed by atoms with van der Waals surface area (Å²) in [5.74, 6) is 0.590. The van der Waals surface area contributed by atoms with Gasteiger partial charge in [-0.05, 0) is 23.8 Å². The number of aliphatic hydroxyl groups excluding tert-OH is 1. The highest BCUT2D eigenvalue weighted by Crippen LogP contribution is 2.26. The third-order valence-electron chi connectivity index (χ3n) is 2.71. The second kappa shape index (κ2) is 5.85. The van der Waals surface area contributed by atoms with Crippen LogP contribution in [-0.2, 0) is 6.42 Å². The van der Waals surface area contributed by atoms with Crippen LogP contribution in [0.3, 0.4) is 0 Å². The average Bonchev–Trinajstić information content (AvgIpc) is 2.38. The van der Waals surface area contributed by atoms with Crippen molar-refractivity contribution in [3.63, 3.8) is 0 Å². The number of ether oxygens (including phenoxy) is 1. The minimum Gasteiger partial charge on any atom is -0.495 e. The molecule has 1 heterocycles. The smallest absolute Gasteiger partial charge is 0.142 e. The summed E-state index contributed by atoms with van der Waals surface area (Å²) in [5, 5.41) is 10.9. The lowest BCUT2D eigenvalue weighted by atomic mass is 10.0. The average molecular weight is 264 g/mol. The normalized spacial score (nSPS) is 12.2. The summed E-state index contributed by atoms with van der Waals surface area (Å²) in [6.07, 6.45) is 3.08. The number of aromatic nitrogens is 1. The van der Waals surface area contributed by atoms with Crippen LogP contribution in [0.1, 0.15) is 17.2 Å². The second-order valence-electron chi connectivity index (χ2n) is 3.97. The van der Waals surface area contributed by atoms with Crippen molar-refractivity contribution in [2.45, 2.75) is 12.5 Å². The highest BCUT2D eigenvalue weighted by atomic mass is 35.5. The van der Waals surface area contributed by atoms with Gasteiger partial charge in [0.1, 0.15) is 5.75 Å². The lowest BCUT2D eigenvalue weighted by molar-refractivity contribution is 0.174. The van der Waals surface area contributed by atoms with Gasteiger partial charge >= 0.3 is 0 Å². The van der Waals surface area contributed by atoms with E-state index >= 15 is 0 Å². The quantitative estimate of drug-likeness (QED) is 0.922. The molecule has 0 aliphatic rings. The lowest BCUT2D eigenvalue weighted by Gasteiger charge is -2.14. The molecule has 0 aliphatic heterocycles. The van der Waals surface area contributed by atoms with E-state index in [1.165, 1.54) is 0 Å². The molecule has 0 aliphatic carbocycles. The van der Waals surface area contributed by atoms with E-state index in [-0.39, 0.29) is 0 Å². The molecule has 0 saturated heterocycles. The number of aliphatic hydroxyl groups is 1. The van der Waals surface area contributed by atoms with Crippen LogP contribution < -0.4 is 4.74 Å². The van der Waals surface area contributed by atoms with Gasteiger partial charge in [0, 0.05) is 23.2 Å². The summed E-state index contributed by atoms with van der Waals surface area (Å²) >= 11 is 5.92. The fourth-order valence-corrected chi connectivity index (χ4v) is 2.05. The van der Waals surface area contributed by atoms with Crippen molar-refractivity contribution in [3.8, 4) is 5.75 Å². The van der Waals surface area contributed by atoms with Crippen molar-refractivity contribution < 1.29 is 9.84 Å². The topological polar surface area (TPSA) is 42.4 Å². The zero-order valence-electron chi connectivity index (χ0n) is 10.0. The summed E-state index contributed by atoms with van der Waals surface area (Å²) in [6, 6.07) is 9.22. The zero-order valence-corrected chi connectivity index (χ0v) is 10.8. The molecule has 1 aromatic carbocycles. The molecule has 0 bridgehead atoms. The molecule has 4 heteroatoms. The molecule has 1 unspecified atom stereocenters. The minimum atomic E-state index is -0.638. The maximum absolute atomic E-state index is 10.2. The van der Waals surface area contributed by atoms with Gasteiger partial charge in [-0.15, -0.1) is 0 Å². The number of hydrogen-bond donors (Lipinski definition) is 1. The molecule has 0 fully saturated rings. The number of rotatable bonds is 4. The van der Waals surface area contributed by atoms with Crippen LogP contribution in [0.2, 0.25) is 5.02 Å². The Labute approximate surface area is 111 Å². The van der Waals surface area contributed by atoms with E-state index < -0.39 is 6.10 Å². The van der Waals surface area contributed by atoms with E-state index in [4.69, 9.17) is 16.3 Å². The first-order valence-electron chi connectivity index (χ1n) is 5.61. The molecule has 1 atom stereocenters. The van der Waals surface area contributed by atoms with Crippen LogP contribution in [0.5, 0.6) is 5.75 Å². The van der Waals surface area contributed by atoms with Crippen LogP contribution in [0, 0.1) is 0 Å². The lowest BCUT2D eigenvalue weighted by Crippen LogP contribution is -2.04. The van der Waals surface area contributed by atoms with Gasteiger partial charge in [0.15, 0.2) is 0 Å². The highest BCUT2D eigenvalue weighted by Gasteiger charge is 2.13. The standard InChI is InChI=1S/C14H14ClNO2/c1-18-14-9-16-6-5-12(14)13(17)8-10-3-2-4-11(15)7-10/h2-7,9,13,17H,8H2,1H3. The SMILES string of the molecule is COc1cnccc1C(O)Cc1cccc(Cl)c1. The van der Waals surface area contributed by atoms with Gasteiger partial charge in [-0.3, -0.25) is 4.98 Å². The molecule has 94 valence electrons. The molecule has 1 aromatic heterocycles. The third kappa shape index (κ3) is 3.00. The van der Waals surface area contributed by atoms with Crippen molar-refractivity contribution in [2.75, 3.05) is 7.11 Å². The monoisotopic (exact) mass is 263 g/mol. The largest absolute Gasteiger partial charge is 0.495 e.